The van der Waals surface area contributed by atoms with Crippen molar-refractivity contribution in [2.45, 2.75) is 38.1 Å². The van der Waals surface area contributed by atoms with E-state index in [1.165, 1.54) is 19.3 Å². The van der Waals surface area contributed by atoms with Crippen molar-refractivity contribution in [3.8, 4) is 0 Å². The van der Waals surface area contributed by atoms with Crippen LogP contribution in [0.2, 0.25) is 0 Å². The predicted octanol–water partition coefficient (Wildman–Crippen LogP) is 3.24. The molecule has 0 bridgehead atoms. The first-order valence-electron chi connectivity index (χ1n) is 7.25. The lowest BCUT2D eigenvalue weighted by Crippen LogP contribution is -2.41. The molecule has 0 atom stereocenters. The fourth-order valence-electron chi connectivity index (χ4n) is 2.43. The molecule has 0 aliphatic heterocycles. The van der Waals surface area contributed by atoms with Gasteiger partial charge in [0.05, 0.1) is 0 Å². The first-order valence-corrected chi connectivity index (χ1v) is 8.04. The molecule has 0 saturated heterocycles. The van der Waals surface area contributed by atoms with Crippen LogP contribution in [0.3, 0.4) is 0 Å². The smallest absolute Gasteiger partial charge is 0.246 e. The number of hydrogen-bond acceptors (Lipinski definition) is 2. The largest absolute Gasteiger partial charge is 0.370 e. The summed E-state index contributed by atoms with van der Waals surface area (Å²) < 4.78 is 0.919. The molecule has 0 unspecified atom stereocenters. The molecular weight excluding hydrogens is 459 g/mol. The third-order valence-corrected chi connectivity index (χ3v) is 3.95. The van der Waals surface area contributed by atoms with Crippen LogP contribution < -0.4 is 16.4 Å². The number of amides is 1. The highest BCUT2D eigenvalue weighted by Crippen LogP contribution is 2.17. The van der Waals surface area contributed by atoms with E-state index in [1.807, 2.05) is 24.3 Å². The van der Waals surface area contributed by atoms with Crippen LogP contribution in [0.5, 0.6) is 0 Å². The second-order valence-electron chi connectivity index (χ2n) is 5.24. The lowest BCUT2D eigenvalue weighted by atomic mass is 9.96. The summed E-state index contributed by atoms with van der Waals surface area (Å²) in [5.74, 6) is 0.174. The van der Waals surface area contributed by atoms with E-state index in [-0.39, 0.29) is 36.4 Å². The highest BCUT2D eigenvalue weighted by molar-refractivity contribution is 14.0. The molecule has 1 aromatic carbocycles. The van der Waals surface area contributed by atoms with Gasteiger partial charge in [0.1, 0.15) is 6.54 Å². The second-order valence-corrected chi connectivity index (χ2v) is 6.15. The number of guanidine groups is 1. The van der Waals surface area contributed by atoms with Crippen LogP contribution in [0.15, 0.2) is 33.7 Å². The van der Waals surface area contributed by atoms with Crippen molar-refractivity contribution >= 4 is 57.5 Å². The fourth-order valence-corrected chi connectivity index (χ4v) is 2.82. The summed E-state index contributed by atoms with van der Waals surface area (Å²) in [5.41, 5.74) is 6.56. The summed E-state index contributed by atoms with van der Waals surface area (Å²) in [6.07, 6.45) is 6.01. The molecule has 1 aliphatic carbocycles. The van der Waals surface area contributed by atoms with Crippen molar-refractivity contribution in [1.82, 2.24) is 5.32 Å². The van der Waals surface area contributed by atoms with Crippen molar-refractivity contribution in [3.63, 3.8) is 0 Å². The Hall–Kier alpha value is -0.830. The summed E-state index contributed by atoms with van der Waals surface area (Å²) in [5, 5.41) is 5.97. The van der Waals surface area contributed by atoms with Gasteiger partial charge in [0, 0.05) is 16.2 Å². The van der Waals surface area contributed by atoms with Crippen molar-refractivity contribution in [2.24, 2.45) is 10.7 Å². The first kappa shape index (κ1) is 19.2. The zero-order valence-corrected chi connectivity index (χ0v) is 16.3. The normalized spacial score (nSPS) is 15.8. The van der Waals surface area contributed by atoms with Crippen LogP contribution in [0.1, 0.15) is 32.1 Å². The average molecular weight is 481 g/mol. The van der Waals surface area contributed by atoms with Crippen LogP contribution in [0, 0.1) is 0 Å². The number of carbonyl (C=O) groups is 1. The Morgan fingerprint density at radius 3 is 2.73 bits per heavy atom. The summed E-state index contributed by atoms with van der Waals surface area (Å²) in [6, 6.07) is 7.83. The van der Waals surface area contributed by atoms with E-state index in [9.17, 15) is 4.79 Å². The summed E-state index contributed by atoms with van der Waals surface area (Å²) in [6.45, 7) is 0.0259. The van der Waals surface area contributed by atoms with E-state index in [0.29, 0.717) is 12.0 Å². The molecule has 1 aliphatic rings. The minimum atomic E-state index is -0.179. The molecule has 0 spiro atoms. The standard InChI is InChI=1S/C15H21BrN4O.HI/c16-11-5-4-8-13(9-11)19-14(21)10-18-15(17)20-12-6-2-1-3-7-12;/h4-5,8-9,12H,1-3,6-7,10H2,(H,19,21)(H3,17,18,20);1H. The van der Waals surface area contributed by atoms with E-state index in [2.05, 4.69) is 31.6 Å². The molecule has 2 rings (SSSR count). The number of hydrogen-bond donors (Lipinski definition) is 3. The number of carbonyl (C=O) groups excluding carboxylic acids is 1. The SMILES string of the molecule is I.NC(=NCC(=O)Nc1cccc(Br)c1)NC1CCCCC1. The monoisotopic (exact) mass is 480 g/mol. The highest BCUT2D eigenvalue weighted by atomic mass is 127. The van der Waals surface area contributed by atoms with Gasteiger partial charge >= 0.3 is 0 Å². The minimum Gasteiger partial charge on any atom is -0.370 e. The number of nitrogens with zero attached hydrogens (tertiary/aromatic N) is 1. The van der Waals surface area contributed by atoms with Crippen LogP contribution >= 0.6 is 39.9 Å². The Bertz CT molecular complexity index is 518. The van der Waals surface area contributed by atoms with Gasteiger partial charge in [-0.1, -0.05) is 41.3 Å². The number of rotatable bonds is 4. The highest BCUT2D eigenvalue weighted by Gasteiger charge is 2.13. The maximum atomic E-state index is 11.8. The van der Waals surface area contributed by atoms with Gasteiger partial charge in [-0.25, -0.2) is 4.99 Å². The molecule has 0 aromatic heterocycles. The van der Waals surface area contributed by atoms with E-state index in [1.54, 1.807) is 0 Å². The Labute approximate surface area is 156 Å². The molecule has 22 heavy (non-hydrogen) atoms. The third kappa shape index (κ3) is 6.95. The van der Waals surface area contributed by atoms with Gasteiger partial charge in [0.2, 0.25) is 5.91 Å². The van der Waals surface area contributed by atoms with E-state index in [0.717, 1.165) is 23.0 Å². The van der Waals surface area contributed by atoms with Gasteiger partial charge in [0.15, 0.2) is 5.96 Å². The molecule has 0 heterocycles. The lowest BCUT2D eigenvalue weighted by Gasteiger charge is -2.23. The van der Waals surface area contributed by atoms with Crippen LogP contribution in [-0.4, -0.2) is 24.5 Å². The molecule has 1 saturated carbocycles. The zero-order valence-electron chi connectivity index (χ0n) is 12.3. The molecule has 1 fully saturated rings. The maximum Gasteiger partial charge on any atom is 0.246 e. The minimum absolute atomic E-state index is 0. The van der Waals surface area contributed by atoms with Gasteiger partial charge in [-0.05, 0) is 31.0 Å². The molecule has 1 aromatic rings. The van der Waals surface area contributed by atoms with Gasteiger partial charge in [-0.2, -0.15) is 0 Å². The number of nitrogens with two attached hydrogens (primary N) is 1. The van der Waals surface area contributed by atoms with Gasteiger partial charge in [-0.15, -0.1) is 24.0 Å². The van der Waals surface area contributed by atoms with Gasteiger partial charge in [-0.3, -0.25) is 4.79 Å². The summed E-state index contributed by atoms with van der Waals surface area (Å²) in [7, 11) is 0. The van der Waals surface area contributed by atoms with Crippen LogP contribution in [0.25, 0.3) is 0 Å². The fraction of sp³-hybridized carbons (Fsp3) is 0.467. The topological polar surface area (TPSA) is 79.5 Å². The summed E-state index contributed by atoms with van der Waals surface area (Å²) >= 11 is 3.36. The maximum absolute atomic E-state index is 11.8. The van der Waals surface area contributed by atoms with E-state index in [4.69, 9.17) is 5.73 Å². The van der Waals surface area contributed by atoms with Crippen LogP contribution in [-0.2, 0) is 4.79 Å². The number of nitrogens with one attached hydrogen (secondary N) is 2. The number of benzene rings is 1. The second kappa shape index (κ2) is 10.0. The predicted molar refractivity (Wildman–Crippen MR) is 105 cm³/mol. The first-order chi connectivity index (χ1) is 10.1. The number of anilines is 1. The zero-order chi connectivity index (χ0) is 15.1. The Balaban J connectivity index is 0.00000242. The molecule has 122 valence electrons. The molecular formula is C15H22BrIN4O. The Kier molecular flexibility index (Phi) is 8.77. The van der Waals surface area contributed by atoms with Crippen molar-refractivity contribution in [3.05, 3.63) is 28.7 Å². The number of halogens is 2. The molecule has 5 nitrogen and oxygen atoms in total. The average Bonchev–Trinajstić information content (AvgIpc) is 2.46. The van der Waals surface area contributed by atoms with Crippen molar-refractivity contribution in [1.29, 1.82) is 0 Å². The quantitative estimate of drug-likeness (QED) is 0.351. The molecule has 4 N–H and O–H groups in total. The molecule has 1 amide bonds. The van der Waals surface area contributed by atoms with Crippen molar-refractivity contribution in [2.75, 3.05) is 11.9 Å². The summed E-state index contributed by atoms with van der Waals surface area (Å²) in [4.78, 5) is 15.9. The Morgan fingerprint density at radius 2 is 2.05 bits per heavy atom. The third-order valence-electron chi connectivity index (χ3n) is 3.46. The van der Waals surface area contributed by atoms with Gasteiger partial charge in [0.25, 0.3) is 0 Å². The lowest BCUT2D eigenvalue weighted by molar-refractivity contribution is -0.114. The molecule has 7 heteroatoms. The Morgan fingerprint density at radius 1 is 1.32 bits per heavy atom. The molecule has 0 radical (unpaired) electrons. The van der Waals surface area contributed by atoms with E-state index < -0.39 is 0 Å². The van der Waals surface area contributed by atoms with E-state index >= 15 is 0 Å². The van der Waals surface area contributed by atoms with Crippen molar-refractivity contribution < 1.29 is 4.79 Å². The van der Waals surface area contributed by atoms with Gasteiger partial charge < -0.3 is 16.4 Å². The van der Waals surface area contributed by atoms with Crippen LogP contribution in [0.4, 0.5) is 5.69 Å². The number of aliphatic imine (C=N–C) groups is 1.